The Morgan fingerprint density at radius 2 is 2.00 bits per heavy atom. The molecule has 2 aromatic carbocycles. The molecule has 0 aromatic heterocycles. The van der Waals surface area contributed by atoms with Crippen LogP contribution in [0.3, 0.4) is 0 Å². The summed E-state index contributed by atoms with van der Waals surface area (Å²) in [6.07, 6.45) is 0. The molecule has 0 spiro atoms. The predicted octanol–water partition coefficient (Wildman–Crippen LogP) is 4.26. The van der Waals surface area contributed by atoms with Gasteiger partial charge in [-0.1, -0.05) is 11.6 Å². The number of ether oxygens (including phenoxy) is 2. The number of carbonyl (C=O) groups is 1. The fourth-order valence-corrected chi connectivity index (χ4v) is 3.34. The number of carbonyl (C=O) groups excluding carboxylic acids is 1. The lowest BCUT2D eigenvalue weighted by molar-refractivity contribution is -0.113. The summed E-state index contributed by atoms with van der Waals surface area (Å²) in [4.78, 5) is 11.9. The van der Waals surface area contributed by atoms with E-state index in [1.807, 2.05) is 6.07 Å². The van der Waals surface area contributed by atoms with E-state index >= 15 is 0 Å². The maximum atomic E-state index is 13.5. The molecular formula is C17H14ClF2NO3S. The highest BCUT2D eigenvalue weighted by Crippen LogP contribution is 2.39. The highest BCUT2D eigenvalue weighted by molar-refractivity contribution is 7.99. The van der Waals surface area contributed by atoms with Gasteiger partial charge in [0.25, 0.3) is 0 Å². The summed E-state index contributed by atoms with van der Waals surface area (Å²) in [5.41, 5.74) is 0.842. The fraction of sp³-hybridized carbons (Fsp3) is 0.235. The van der Waals surface area contributed by atoms with Gasteiger partial charge in [0.2, 0.25) is 5.91 Å². The van der Waals surface area contributed by atoms with Gasteiger partial charge < -0.3 is 14.8 Å². The van der Waals surface area contributed by atoms with Crippen LogP contribution in [0.25, 0.3) is 0 Å². The van der Waals surface area contributed by atoms with Gasteiger partial charge in [0, 0.05) is 11.8 Å². The van der Waals surface area contributed by atoms with Crippen LogP contribution < -0.4 is 14.8 Å². The Morgan fingerprint density at radius 3 is 2.80 bits per heavy atom. The molecule has 0 saturated heterocycles. The fourth-order valence-electron chi connectivity index (χ4n) is 2.29. The molecule has 8 heteroatoms. The quantitative estimate of drug-likeness (QED) is 0.835. The molecule has 0 fully saturated rings. The number of benzene rings is 2. The molecule has 0 aliphatic carbocycles. The van der Waals surface area contributed by atoms with E-state index in [-0.39, 0.29) is 17.3 Å². The van der Waals surface area contributed by atoms with E-state index in [1.54, 1.807) is 6.07 Å². The van der Waals surface area contributed by atoms with E-state index in [1.165, 1.54) is 17.8 Å². The lowest BCUT2D eigenvalue weighted by Crippen LogP contribution is -2.16. The average Bonchev–Trinajstić information content (AvgIpc) is 2.57. The van der Waals surface area contributed by atoms with Crippen LogP contribution in [0.2, 0.25) is 5.02 Å². The lowest BCUT2D eigenvalue weighted by atomic mass is 10.2. The van der Waals surface area contributed by atoms with Gasteiger partial charge in [0.15, 0.2) is 11.5 Å². The molecule has 4 nitrogen and oxygen atoms in total. The molecule has 25 heavy (non-hydrogen) atoms. The van der Waals surface area contributed by atoms with Gasteiger partial charge in [0.05, 0.1) is 16.5 Å². The largest absolute Gasteiger partial charge is 0.486 e. The standard InChI is InChI=1S/C17H14ClF2NO3S/c18-12-5-10(6-15-17(12)24-4-3-23-15)8-25-9-16(22)21-14-2-1-11(19)7-13(14)20/h1-2,5-7H,3-4,8-9H2,(H,21,22). The van der Waals surface area contributed by atoms with E-state index in [0.717, 1.165) is 17.7 Å². The van der Waals surface area contributed by atoms with Crippen molar-refractivity contribution in [2.45, 2.75) is 5.75 Å². The molecule has 1 heterocycles. The van der Waals surface area contributed by atoms with Crippen molar-refractivity contribution in [3.8, 4) is 11.5 Å². The summed E-state index contributed by atoms with van der Waals surface area (Å²) < 4.78 is 37.3. The third-order valence-electron chi connectivity index (χ3n) is 3.36. The number of hydrogen-bond acceptors (Lipinski definition) is 4. The van der Waals surface area contributed by atoms with Gasteiger partial charge in [-0.15, -0.1) is 11.8 Å². The van der Waals surface area contributed by atoms with Crippen LogP contribution in [0.5, 0.6) is 11.5 Å². The number of rotatable bonds is 5. The number of fused-ring (bicyclic) bond motifs is 1. The molecular weight excluding hydrogens is 372 g/mol. The summed E-state index contributed by atoms with van der Waals surface area (Å²) in [5, 5.41) is 2.88. The van der Waals surface area contributed by atoms with Crippen LogP contribution in [0, 0.1) is 11.6 Å². The zero-order chi connectivity index (χ0) is 17.8. The minimum absolute atomic E-state index is 0.0469. The summed E-state index contributed by atoms with van der Waals surface area (Å²) >= 11 is 7.50. The number of halogens is 3. The number of thioether (sulfide) groups is 1. The Labute approximate surface area is 152 Å². The highest BCUT2D eigenvalue weighted by atomic mass is 35.5. The molecule has 0 saturated carbocycles. The van der Waals surface area contributed by atoms with Crippen molar-refractivity contribution in [2.24, 2.45) is 0 Å². The maximum Gasteiger partial charge on any atom is 0.234 e. The molecule has 0 unspecified atom stereocenters. The van der Waals surface area contributed by atoms with E-state index in [2.05, 4.69) is 5.32 Å². The second-order valence-electron chi connectivity index (χ2n) is 5.27. The molecule has 132 valence electrons. The van der Waals surface area contributed by atoms with Crippen LogP contribution >= 0.6 is 23.4 Å². The van der Waals surface area contributed by atoms with Crippen LogP contribution in [0.1, 0.15) is 5.56 Å². The van der Waals surface area contributed by atoms with E-state index in [9.17, 15) is 13.6 Å². The van der Waals surface area contributed by atoms with Crippen molar-refractivity contribution < 1.29 is 23.0 Å². The van der Waals surface area contributed by atoms with Gasteiger partial charge in [-0.2, -0.15) is 0 Å². The van der Waals surface area contributed by atoms with Crippen LogP contribution in [0.4, 0.5) is 14.5 Å². The summed E-state index contributed by atoms with van der Waals surface area (Å²) in [5.74, 6) is -0.117. The first-order chi connectivity index (χ1) is 12.0. The Kier molecular flexibility index (Phi) is 5.65. The van der Waals surface area contributed by atoms with Gasteiger partial charge in [-0.3, -0.25) is 4.79 Å². The minimum atomic E-state index is -0.808. The first-order valence-electron chi connectivity index (χ1n) is 7.43. The monoisotopic (exact) mass is 385 g/mol. The highest BCUT2D eigenvalue weighted by Gasteiger charge is 2.17. The minimum Gasteiger partial charge on any atom is -0.486 e. The van der Waals surface area contributed by atoms with E-state index < -0.39 is 11.6 Å². The summed E-state index contributed by atoms with van der Waals surface area (Å²) in [6.45, 7) is 0.923. The van der Waals surface area contributed by atoms with Gasteiger partial charge in [0.1, 0.15) is 24.8 Å². The topological polar surface area (TPSA) is 47.6 Å². The van der Waals surface area contributed by atoms with Crippen molar-refractivity contribution in [3.63, 3.8) is 0 Å². The van der Waals surface area contributed by atoms with Crippen molar-refractivity contribution >= 4 is 35.0 Å². The smallest absolute Gasteiger partial charge is 0.234 e. The third-order valence-corrected chi connectivity index (χ3v) is 4.65. The van der Waals surface area contributed by atoms with E-state index in [4.69, 9.17) is 21.1 Å². The molecule has 2 aromatic rings. The number of anilines is 1. The molecule has 0 atom stereocenters. The van der Waals surface area contributed by atoms with Crippen molar-refractivity contribution in [2.75, 3.05) is 24.3 Å². The Morgan fingerprint density at radius 1 is 1.20 bits per heavy atom. The SMILES string of the molecule is O=C(CSCc1cc(Cl)c2c(c1)OCCO2)Nc1ccc(F)cc1F. The first kappa shape index (κ1) is 17.8. The van der Waals surface area contributed by atoms with Crippen molar-refractivity contribution in [1.82, 2.24) is 0 Å². The molecule has 0 bridgehead atoms. The van der Waals surface area contributed by atoms with Crippen LogP contribution in [-0.4, -0.2) is 24.9 Å². The summed E-state index contributed by atoms with van der Waals surface area (Å²) in [6, 6.07) is 6.58. The maximum absolute atomic E-state index is 13.5. The van der Waals surface area contributed by atoms with Gasteiger partial charge >= 0.3 is 0 Å². The number of amides is 1. The summed E-state index contributed by atoms with van der Waals surface area (Å²) in [7, 11) is 0. The zero-order valence-corrected chi connectivity index (χ0v) is 14.6. The molecule has 1 aliphatic rings. The third kappa shape index (κ3) is 4.55. The average molecular weight is 386 g/mol. The Balaban J connectivity index is 1.54. The van der Waals surface area contributed by atoms with Crippen molar-refractivity contribution in [1.29, 1.82) is 0 Å². The predicted molar refractivity (Wildman–Crippen MR) is 93.6 cm³/mol. The Hall–Kier alpha value is -1.99. The van der Waals surface area contributed by atoms with Crippen LogP contribution in [-0.2, 0) is 10.5 Å². The second kappa shape index (κ2) is 7.93. The number of nitrogens with one attached hydrogen (secondary N) is 1. The zero-order valence-electron chi connectivity index (χ0n) is 13.0. The number of hydrogen-bond donors (Lipinski definition) is 1. The first-order valence-corrected chi connectivity index (χ1v) is 8.97. The molecule has 1 aliphatic heterocycles. The molecule has 1 N–H and O–H groups in total. The van der Waals surface area contributed by atoms with Gasteiger partial charge in [-0.25, -0.2) is 8.78 Å². The van der Waals surface area contributed by atoms with Gasteiger partial charge in [-0.05, 0) is 29.8 Å². The lowest BCUT2D eigenvalue weighted by Gasteiger charge is -2.20. The van der Waals surface area contributed by atoms with Crippen LogP contribution in [0.15, 0.2) is 30.3 Å². The molecule has 3 rings (SSSR count). The van der Waals surface area contributed by atoms with Crippen molar-refractivity contribution in [3.05, 3.63) is 52.6 Å². The van der Waals surface area contributed by atoms with E-state index in [0.29, 0.717) is 35.5 Å². The molecule has 0 radical (unpaired) electrons. The molecule has 1 amide bonds. The Bertz CT molecular complexity index is 804. The normalized spacial score (nSPS) is 12.8. The second-order valence-corrected chi connectivity index (χ2v) is 6.66.